The Kier molecular flexibility index (Phi) is 16.6. The molecule has 0 amide bonds. The van der Waals surface area contributed by atoms with Crippen LogP contribution in [0.25, 0.3) is 0 Å². The van der Waals surface area contributed by atoms with Gasteiger partial charge in [-0.2, -0.15) is 0 Å². The van der Waals surface area contributed by atoms with Crippen LogP contribution in [0.15, 0.2) is 0 Å². The zero-order valence-electron chi connectivity index (χ0n) is 12.8. The van der Waals surface area contributed by atoms with Crippen LogP contribution in [0.3, 0.4) is 0 Å². The number of unbranched alkanes of at least 4 members (excludes halogenated alkanes) is 2. The normalized spacial score (nSPS) is 11.3. The maximum Gasteiger partial charge on any atom is 2.00 e. The van der Waals surface area contributed by atoms with Crippen molar-refractivity contribution in [3.05, 3.63) is 0 Å². The molecule has 0 unspecified atom stereocenters. The Morgan fingerprint density at radius 3 is 1.00 bits per heavy atom. The SMILES string of the molecule is CCCC[Si](C)(C)[O-].CCCC[Si](C)(C)[O-].[Mg+2]. The van der Waals surface area contributed by atoms with Crippen LogP contribution in [0.1, 0.15) is 39.5 Å². The first-order valence-corrected chi connectivity index (χ1v) is 12.8. The molecule has 0 heterocycles. The number of hydrogen-bond acceptors (Lipinski definition) is 2. The van der Waals surface area contributed by atoms with Gasteiger partial charge in [-0.3, -0.25) is 0 Å². The van der Waals surface area contributed by atoms with Crippen molar-refractivity contribution in [1.82, 2.24) is 0 Å². The van der Waals surface area contributed by atoms with Crippen molar-refractivity contribution in [3.63, 3.8) is 0 Å². The van der Waals surface area contributed by atoms with Gasteiger partial charge < -0.3 is 9.59 Å². The molecule has 0 N–H and O–H groups in total. The van der Waals surface area contributed by atoms with Gasteiger partial charge in [0, 0.05) is 0 Å². The second-order valence-electron chi connectivity index (χ2n) is 5.73. The van der Waals surface area contributed by atoms with E-state index in [2.05, 4.69) is 13.8 Å². The largest absolute Gasteiger partial charge is 2.00 e. The first kappa shape index (κ1) is 23.2. The van der Waals surface area contributed by atoms with Crippen molar-refractivity contribution in [2.24, 2.45) is 0 Å². The van der Waals surface area contributed by atoms with Crippen LogP contribution >= 0.6 is 0 Å². The van der Waals surface area contributed by atoms with Gasteiger partial charge in [-0.05, 0) is 0 Å². The van der Waals surface area contributed by atoms with Crippen molar-refractivity contribution < 1.29 is 9.59 Å². The van der Waals surface area contributed by atoms with Gasteiger partial charge in [0.15, 0.2) is 0 Å². The average Bonchev–Trinajstić information content (AvgIpc) is 2.10. The van der Waals surface area contributed by atoms with E-state index in [9.17, 15) is 9.59 Å². The molecule has 0 aromatic carbocycles. The first-order chi connectivity index (χ1) is 7.12. The molecule has 0 rings (SSSR count). The molecule has 0 bridgehead atoms. The maximum absolute atomic E-state index is 11.0. The quantitative estimate of drug-likeness (QED) is 0.704. The minimum absolute atomic E-state index is 0. The third-order valence-electron chi connectivity index (χ3n) is 2.26. The van der Waals surface area contributed by atoms with E-state index in [1.807, 2.05) is 26.2 Å². The van der Waals surface area contributed by atoms with Crippen molar-refractivity contribution >= 4 is 39.7 Å². The van der Waals surface area contributed by atoms with E-state index in [-0.39, 0.29) is 23.1 Å². The van der Waals surface area contributed by atoms with E-state index in [0.29, 0.717) is 0 Å². The number of rotatable bonds is 6. The van der Waals surface area contributed by atoms with Crippen molar-refractivity contribution in [2.75, 3.05) is 0 Å². The molecule has 0 aromatic heterocycles. The predicted octanol–water partition coefficient (Wildman–Crippen LogP) is 2.32. The topological polar surface area (TPSA) is 46.1 Å². The third kappa shape index (κ3) is 31.7. The van der Waals surface area contributed by atoms with Crippen LogP contribution in [0.4, 0.5) is 0 Å². The van der Waals surface area contributed by atoms with Gasteiger partial charge in [0.05, 0.1) is 0 Å². The molecule has 2 nitrogen and oxygen atoms in total. The van der Waals surface area contributed by atoms with Gasteiger partial charge in [0.25, 0.3) is 0 Å². The van der Waals surface area contributed by atoms with Crippen LogP contribution in [0, 0.1) is 0 Å². The molecule has 0 spiro atoms. The van der Waals surface area contributed by atoms with Gasteiger partial charge in [-0.15, -0.1) is 0 Å². The molecule has 0 saturated carbocycles. The Hall–Kier alpha value is 1.12. The monoisotopic (exact) mass is 286 g/mol. The second-order valence-corrected chi connectivity index (χ2v) is 13.8. The zero-order valence-corrected chi connectivity index (χ0v) is 16.2. The van der Waals surface area contributed by atoms with Crippen LogP contribution in [-0.2, 0) is 0 Å². The van der Waals surface area contributed by atoms with Crippen molar-refractivity contribution in [1.29, 1.82) is 0 Å². The van der Waals surface area contributed by atoms with Crippen molar-refractivity contribution in [3.8, 4) is 0 Å². The summed E-state index contributed by atoms with van der Waals surface area (Å²) in [5, 5.41) is 0. The van der Waals surface area contributed by atoms with E-state index < -0.39 is 16.6 Å². The standard InChI is InChI=1S/2C6H15OSi.Mg/c2*1-4-5-6-8(2,3)7;/h2*4-6H2,1-3H3;/q2*-1;+2. The smallest absolute Gasteiger partial charge is 0.859 e. The molecule has 100 valence electrons. The maximum atomic E-state index is 11.0. The van der Waals surface area contributed by atoms with E-state index in [1.165, 1.54) is 12.8 Å². The van der Waals surface area contributed by atoms with Gasteiger partial charge in [0.1, 0.15) is 0 Å². The molecule has 0 aliphatic rings. The third-order valence-corrected chi connectivity index (χ3v) is 5.38. The van der Waals surface area contributed by atoms with Gasteiger partial charge >= 0.3 is 23.1 Å². The Morgan fingerprint density at radius 1 is 0.706 bits per heavy atom. The molecule has 0 fully saturated rings. The fourth-order valence-electron chi connectivity index (χ4n) is 1.20. The number of hydrogen-bond donors (Lipinski definition) is 0. The van der Waals surface area contributed by atoms with E-state index >= 15 is 0 Å². The van der Waals surface area contributed by atoms with E-state index in [4.69, 9.17) is 0 Å². The summed E-state index contributed by atoms with van der Waals surface area (Å²) in [6.45, 7) is 11.8. The van der Waals surface area contributed by atoms with E-state index in [0.717, 1.165) is 24.9 Å². The molecule has 0 saturated heterocycles. The molecule has 0 aliphatic carbocycles. The molecule has 0 aliphatic heterocycles. The summed E-state index contributed by atoms with van der Waals surface area (Å²) in [4.78, 5) is 22.0. The summed E-state index contributed by atoms with van der Waals surface area (Å²) < 4.78 is 0. The Labute approximate surface area is 127 Å². The Morgan fingerprint density at radius 2 is 0.941 bits per heavy atom. The molecule has 17 heavy (non-hydrogen) atoms. The van der Waals surface area contributed by atoms with Gasteiger partial charge in [0.2, 0.25) is 0 Å². The summed E-state index contributed by atoms with van der Waals surface area (Å²) in [6.07, 6.45) is 4.59. The Bertz CT molecular complexity index is 136. The van der Waals surface area contributed by atoms with Crippen LogP contribution in [0.5, 0.6) is 0 Å². The van der Waals surface area contributed by atoms with Crippen molar-refractivity contribution in [2.45, 2.75) is 77.8 Å². The summed E-state index contributed by atoms with van der Waals surface area (Å²) in [5.41, 5.74) is 0. The fourth-order valence-corrected chi connectivity index (χ4v) is 3.61. The summed E-state index contributed by atoms with van der Waals surface area (Å²) in [5.74, 6) is 0. The minimum atomic E-state index is -1.93. The molecular weight excluding hydrogens is 257 g/mol. The first-order valence-electron chi connectivity index (χ1n) is 6.53. The minimum Gasteiger partial charge on any atom is -0.859 e. The van der Waals surface area contributed by atoms with Gasteiger partial charge in [-0.25, -0.2) is 0 Å². The average molecular weight is 287 g/mol. The summed E-state index contributed by atoms with van der Waals surface area (Å²) in [7, 11) is -3.86. The molecule has 0 radical (unpaired) electrons. The fraction of sp³-hybridized carbons (Fsp3) is 1.00. The van der Waals surface area contributed by atoms with Crippen LogP contribution in [-0.4, -0.2) is 39.7 Å². The van der Waals surface area contributed by atoms with Crippen LogP contribution < -0.4 is 9.59 Å². The zero-order chi connectivity index (χ0) is 13.2. The molecular formula is C12H30MgO2Si2. The molecule has 0 aromatic rings. The van der Waals surface area contributed by atoms with Gasteiger partial charge in [-0.1, -0.05) is 94.4 Å². The molecule has 5 heteroatoms. The Balaban J connectivity index is -0.000000218. The van der Waals surface area contributed by atoms with Crippen LogP contribution in [0.2, 0.25) is 38.3 Å². The second kappa shape index (κ2) is 12.2. The van der Waals surface area contributed by atoms with E-state index in [1.54, 1.807) is 0 Å². The summed E-state index contributed by atoms with van der Waals surface area (Å²) in [6, 6.07) is 1.90. The predicted molar refractivity (Wildman–Crippen MR) is 80.1 cm³/mol. The molecule has 0 atom stereocenters. The summed E-state index contributed by atoms with van der Waals surface area (Å²) >= 11 is 0.